The number of hydrogen-bond donors (Lipinski definition) is 1. The van der Waals surface area contributed by atoms with Crippen LogP contribution < -0.4 is 0 Å². The molecular formula is C15H24ClN3O. The zero-order valence-electron chi connectivity index (χ0n) is 12.4. The first kappa shape index (κ1) is 14.4. The van der Waals surface area contributed by atoms with Gasteiger partial charge in [-0.15, -0.1) is 0 Å². The Morgan fingerprint density at radius 2 is 2.25 bits per heavy atom. The summed E-state index contributed by atoms with van der Waals surface area (Å²) in [5.74, 6) is 0. The number of rotatable bonds is 3. The molecule has 2 unspecified atom stereocenters. The Balaban J connectivity index is 1.78. The fourth-order valence-corrected chi connectivity index (χ4v) is 4.16. The molecule has 112 valence electrons. The molecule has 0 bridgehead atoms. The number of nitrogens with zero attached hydrogens (tertiary/aromatic N) is 3. The van der Waals surface area contributed by atoms with Crippen LogP contribution in [0.3, 0.4) is 0 Å². The fourth-order valence-electron chi connectivity index (χ4n) is 3.80. The van der Waals surface area contributed by atoms with Crippen LogP contribution in [-0.4, -0.2) is 44.5 Å². The van der Waals surface area contributed by atoms with Crippen molar-refractivity contribution in [2.24, 2.45) is 7.05 Å². The topological polar surface area (TPSA) is 41.3 Å². The van der Waals surface area contributed by atoms with Gasteiger partial charge < -0.3 is 10.0 Å². The summed E-state index contributed by atoms with van der Waals surface area (Å²) < 4.78 is 1.85. The van der Waals surface area contributed by atoms with Crippen LogP contribution in [0.4, 0.5) is 0 Å². The Morgan fingerprint density at radius 1 is 1.45 bits per heavy atom. The largest absolute Gasteiger partial charge is 0.389 e. The van der Waals surface area contributed by atoms with Gasteiger partial charge in [0.2, 0.25) is 0 Å². The van der Waals surface area contributed by atoms with E-state index in [4.69, 9.17) is 11.6 Å². The number of aliphatic hydroxyl groups is 1. The zero-order chi connectivity index (χ0) is 14.3. The van der Waals surface area contributed by atoms with Crippen molar-refractivity contribution in [2.45, 2.75) is 57.1 Å². The van der Waals surface area contributed by atoms with Crippen molar-refractivity contribution in [3.05, 3.63) is 16.4 Å². The van der Waals surface area contributed by atoms with Gasteiger partial charge in [0.15, 0.2) is 0 Å². The Bertz CT molecular complexity index is 502. The Morgan fingerprint density at radius 3 is 2.95 bits per heavy atom. The minimum absolute atomic E-state index is 0.561. The second kappa shape index (κ2) is 5.32. The lowest BCUT2D eigenvalue weighted by Crippen LogP contribution is -2.49. The molecule has 20 heavy (non-hydrogen) atoms. The van der Waals surface area contributed by atoms with Gasteiger partial charge in [-0.3, -0.25) is 4.68 Å². The van der Waals surface area contributed by atoms with Gasteiger partial charge in [-0.05, 0) is 38.6 Å². The highest BCUT2D eigenvalue weighted by Gasteiger charge is 2.41. The summed E-state index contributed by atoms with van der Waals surface area (Å²) >= 11 is 6.42. The lowest BCUT2D eigenvalue weighted by atomic mass is 9.83. The van der Waals surface area contributed by atoms with Gasteiger partial charge in [0.25, 0.3) is 0 Å². The summed E-state index contributed by atoms with van der Waals surface area (Å²) in [6.07, 6.45) is 5.67. The predicted molar refractivity (Wildman–Crippen MR) is 80.1 cm³/mol. The Labute approximate surface area is 125 Å². The van der Waals surface area contributed by atoms with Crippen molar-refractivity contribution >= 4 is 11.6 Å². The number of piperidine rings is 1. The van der Waals surface area contributed by atoms with Gasteiger partial charge in [0.1, 0.15) is 0 Å². The first-order chi connectivity index (χ1) is 9.52. The number of aryl methyl sites for hydroxylation is 2. The fraction of sp³-hybridized carbons (Fsp3) is 0.800. The molecule has 1 N–H and O–H groups in total. The van der Waals surface area contributed by atoms with Crippen molar-refractivity contribution in [3.63, 3.8) is 0 Å². The van der Waals surface area contributed by atoms with Crippen LogP contribution in [0.5, 0.6) is 0 Å². The smallest absolute Gasteiger partial charge is 0.0850 e. The molecule has 4 nitrogen and oxygen atoms in total. The molecule has 5 heteroatoms. The number of fused-ring (bicyclic) bond motifs is 1. The normalized spacial score (nSPS) is 30.7. The average molecular weight is 298 g/mol. The summed E-state index contributed by atoms with van der Waals surface area (Å²) in [7, 11) is 1.93. The number of halogens is 1. The molecule has 2 aliphatic heterocycles. The van der Waals surface area contributed by atoms with E-state index in [1.807, 2.05) is 11.7 Å². The van der Waals surface area contributed by atoms with E-state index in [0.717, 1.165) is 42.2 Å². The molecule has 0 radical (unpaired) electrons. The molecule has 1 aromatic heterocycles. The van der Waals surface area contributed by atoms with E-state index in [1.165, 1.54) is 19.4 Å². The van der Waals surface area contributed by atoms with Crippen LogP contribution in [-0.2, 0) is 19.9 Å². The van der Waals surface area contributed by atoms with Crippen LogP contribution in [0.15, 0.2) is 0 Å². The van der Waals surface area contributed by atoms with E-state index in [-0.39, 0.29) is 0 Å². The van der Waals surface area contributed by atoms with Crippen LogP contribution in [0.1, 0.15) is 44.0 Å². The minimum Gasteiger partial charge on any atom is -0.389 e. The summed E-state index contributed by atoms with van der Waals surface area (Å²) in [5.41, 5.74) is 1.30. The highest BCUT2D eigenvalue weighted by molar-refractivity contribution is 6.31. The monoisotopic (exact) mass is 297 g/mol. The molecule has 0 saturated carbocycles. The van der Waals surface area contributed by atoms with E-state index >= 15 is 0 Å². The molecular weight excluding hydrogens is 274 g/mol. The average Bonchev–Trinajstić information content (AvgIpc) is 2.97. The van der Waals surface area contributed by atoms with Gasteiger partial charge in [-0.2, -0.15) is 5.10 Å². The van der Waals surface area contributed by atoms with Crippen molar-refractivity contribution in [1.82, 2.24) is 14.7 Å². The Kier molecular flexibility index (Phi) is 3.82. The molecule has 1 aromatic rings. The lowest BCUT2D eigenvalue weighted by Gasteiger charge is -2.41. The highest BCUT2D eigenvalue weighted by atomic mass is 35.5. The third-order valence-corrected chi connectivity index (χ3v) is 5.41. The van der Waals surface area contributed by atoms with Gasteiger partial charge in [-0.1, -0.05) is 18.5 Å². The Hall–Kier alpha value is -0.580. The van der Waals surface area contributed by atoms with E-state index < -0.39 is 5.60 Å². The van der Waals surface area contributed by atoms with E-state index in [9.17, 15) is 5.11 Å². The molecule has 0 aromatic carbocycles. The summed E-state index contributed by atoms with van der Waals surface area (Å²) in [4.78, 5) is 2.52. The SMILES string of the molecule is CCc1nn(C)c(CC2(O)CCN3CCCC3C2)c1Cl. The number of hydrogen-bond acceptors (Lipinski definition) is 3. The second-order valence-corrected chi connectivity index (χ2v) is 6.75. The van der Waals surface area contributed by atoms with Crippen molar-refractivity contribution in [2.75, 3.05) is 13.1 Å². The molecule has 0 aliphatic carbocycles. The van der Waals surface area contributed by atoms with Gasteiger partial charge in [-0.25, -0.2) is 0 Å². The maximum Gasteiger partial charge on any atom is 0.0850 e. The van der Waals surface area contributed by atoms with Crippen molar-refractivity contribution < 1.29 is 5.11 Å². The predicted octanol–water partition coefficient (Wildman–Crippen LogP) is 2.17. The molecule has 3 heterocycles. The first-order valence-corrected chi connectivity index (χ1v) is 8.07. The maximum atomic E-state index is 11.0. The van der Waals surface area contributed by atoms with Crippen molar-refractivity contribution in [1.29, 1.82) is 0 Å². The van der Waals surface area contributed by atoms with Gasteiger partial charge in [0, 0.05) is 26.1 Å². The third kappa shape index (κ3) is 2.49. The first-order valence-electron chi connectivity index (χ1n) is 7.69. The molecule has 2 aliphatic rings. The van der Waals surface area contributed by atoms with E-state index in [0.29, 0.717) is 12.5 Å². The lowest BCUT2D eigenvalue weighted by molar-refractivity contribution is -0.0365. The molecule has 0 amide bonds. The summed E-state index contributed by atoms with van der Waals surface area (Å²) in [6.45, 7) is 4.27. The minimum atomic E-state index is -0.617. The maximum absolute atomic E-state index is 11.0. The summed E-state index contributed by atoms with van der Waals surface area (Å²) in [5, 5.41) is 16.2. The van der Waals surface area contributed by atoms with Crippen LogP contribution >= 0.6 is 11.6 Å². The van der Waals surface area contributed by atoms with Crippen LogP contribution in [0, 0.1) is 0 Å². The summed E-state index contributed by atoms with van der Waals surface area (Å²) in [6, 6.07) is 0.561. The van der Waals surface area contributed by atoms with Crippen LogP contribution in [0.25, 0.3) is 0 Å². The van der Waals surface area contributed by atoms with E-state index in [1.54, 1.807) is 0 Å². The van der Waals surface area contributed by atoms with Gasteiger partial charge >= 0.3 is 0 Å². The molecule has 2 saturated heterocycles. The molecule has 3 rings (SSSR count). The second-order valence-electron chi connectivity index (χ2n) is 6.37. The standard InChI is InChI=1S/C15H24ClN3O/c1-3-12-14(16)13(18(2)17-12)10-15(20)6-8-19-7-4-5-11(19)9-15/h11,20H,3-10H2,1-2H3. The highest BCUT2D eigenvalue weighted by Crippen LogP contribution is 2.36. The quantitative estimate of drug-likeness (QED) is 0.930. The van der Waals surface area contributed by atoms with Crippen molar-refractivity contribution in [3.8, 4) is 0 Å². The zero-order valence-corrected chi connectivity index (χ0v) is 13.2. The number of aromatic nitrogens is 2. The molecule has 2 atom stereocenters. The molecule has 2 fully saturated rings. The van der Waals surface area contributed by atoms with Gasteiger partial charge in [0.05, 0.1) is 22.0 Å². The van der Waals surface area contributed by atoms with Crippen LogP contribution in [0.2, 0.25) is 5.02 Å². The van der Waals surface area contributed by atoms with E-state index in [2.05, 4.69) is 16.9 Å². The molecule has 0 spiro atoms. The third-order valence-electron chi connectivity index (χ3n) is 4.98.